The second-order valence-corrected chi connectivity index (χ2v) is 5.81. The number of aromatic nitrogens is 6. The molecule has 0 spiro atoms. The fourth-order valence-electron chi connectivity index (χ4n) is 2.23. The van der Waals surface area contributed by atoms with Crippen LogP contribution in [-0.2, 0) is 17.9 Å². The van der Waals surface area contributed by atoms with Crippen molar-refractivity contribution in [2.24, 2.45) is 0 Å². The lowest BCUT2D eigenvalue weighted by Gasteiger charge is -2.13. The molecular formula is C15H16ClN7O. The lowest BCUT2D eigenvalue weighted by atomic mass is 10.2. The number of imidazole rings is 1. The lowest BCUT2D eigenvalue weighted by Crippen LogP contribution is -2.37. The van der Waals surface area contributed by atoms with Gasteiger partial charge in [0.1, 0.15) is 6.54 Å². The summed E-state index contributed by atoms with van der Waals surface area (Å²) in [6.07, 6.45) is 5.26. The maximum Gasteiger partial charge on any atom is 0.243 e. The van der Waals surface area contributed by atoms with Crippen LogP contribution in [0.4, 0.5) is 0 Å². The third-order valence-electron chi connectivity index (χ3n) is 3.29. The molecule has 1 atom stereocenters. The molecule has 24 heavy (non-hydrogen) atoms. The summed E-state index contributed by atoms with van der Waals surface area (Å²) in [4.78, 5) is 17.3. The van der Waals surface area contributed by atoms with Crippen LogP contribution in [0.25, 0.3) is 11.4 Å². The van der Waals surface area contributed by atoms with E-state index in [1.165, 1.54) is 4.80 Å². The molecule has 0 aliphatic heterocycles. The molecule has 2 aromatic heterocycles. The number of hydrogen-bond acceptors (Lipinski definition) is 5. The molecule has 3 aromatic rings. The molecule has 0 bridgehead atoms. The largest absolute Gasteiger partial charge is 0.350 e. The first-order valence-electron chi connectivity index (χ1n) is 7.39. The summed E-state index contributed by atoms with van der Waals surface area (Å²) >= 11 is 5.85. The minimum absolute atomic E-state index is 0.00879. The van der Waals surface area contributed by atoms with Crippen LogP contribution in [0.1, 0.15) is 6.92 Å². The number of carbonyl (C=O) groups is 1. The monoisotopic (exact) mass is 345 g/mol. The first-order chi connectivity index (χ1) is 11.6. The van der Waals surface area contributed by atoms with Crippen LogP contribution in [0.3, 0.4) is 0 Å². The summed E-state index contributed by atoms with van der Waals surface area (Å²) in [6, 6.07) is 7.07. The van der Waals surface area contributed by atoms with E-state index in [4.69, 9.17) is 11.6 Å². The highest BCUT2D eigenvalue weighted by Crippen LogP contribution is 2.16. The van der Waals surface area contributed by atoms with E-state index < -0.39 is 0 Å². The number of benzene rings is 1. The first-order valence-corrected chi connectivity index (χ1v) is 7.77. The van der Waals surface area contributed by atoms with Crippen molar-refractivity contribution in [3.05, 3.63) is 48.0 Å². The number of amides is 1. The number of hydrogen-bond donors (Lipinski definition) is 1. The summed E-state index contributed by atoms with van der Waals surface area (Å²) < 4.78 is 1.90. The molecule has 1 N–H and O–H groups in total. The Morgan fingerprint density at radius 3 is 2.83 bits per heavy atom. The van der Waals surface area contributed by atoms with E-state index >= 15 is 0 Å². The molecule has 9 heteroatoms. The molecule has 0 aliphatic carbocycles. The van der Waals surface area contributed by atoms with E-state index in [1.807, 2.05) is 17.7 Å². The highest BCUT2D eigenvalue weighted by atomic mass is 35.5. The number of rotatable bonds is 6. The van der Waals surface area contributed by atoms with Crippen LogP contribution in [0, 0.1) is 0 Å². The minimum Gasteiger partial charge on any atom is -0.350 e. The Balaban J connectivity index is 1.56. The Kier molecular flexibility index (Phi) is 4.85. The summed E-state index contributed by atoms with van der Waals surface area (Å²) in [6.45, 7) is 2.58. The molecule has 0 saturated heterocycles. The Hall–Kier alpha value is -2.74. The van der Waals surface area contributed by atoms with E-state index in [1.54, 1.807) is 36.8 Å². The predicted octanol–water partition coefficient (Wildman–Crippen LogP) is 1.39. The first kappa shape index (κ1) is 16.1. The summed E-state index contributed by atoms with van der Waals surface area (Å²) in [7, 11) is 0. The van der Waals surface area contributed by atoms with Gasteiger partial charge in [-0.15, -0.1) is 10.2 Å². The zero-order valence-corrected chi connectivity index (χ0v) is 13.8. The lowest BCUT2D eigenvalue weighted by molar-refractivity contribution is -0.122. The topological polar surface area (TPSA) is 90.5 Å². The van der Waals surface area contributed by atoms with Crippen LogP contribution in [0.2, 0.25) is 5.02 Å². The molecule has 0 unspecified atom stereocenters. The molecule has 8 nitrogen and oxygen atoms in total. The predicted molar refractivity (Wildman–Crippen MR) is 88.1 cm³/mol. The maximum absolute atomic E-state index is 12.1. The molecule has 2 heterocycles. The molecule has 0 saturated carbocycles. The van der Waals surface area contributed by atoms with E-state index in [0.29, 0.717) is 17.4 Å². The fourth-order valence-corrected chi connectivity index (χ4v) is 2.36. The smallest absolute Gasteiger partial charge is 0.243 e. The fraction of sp³-hybridized carbons (Fsp3) is 0.267. The summed E-state index contributed by atoms with van der Waals surface area (Å²) in [5.41, 5.74) is 0.791. The zero-order chi connectivity index (χ0) is 16.9. The van der Waals surface area contributed by atoms with Crippen LogP contribution in [0.15, 0.2) is 43.0 Å². The third-order valence-corrected chi connectivity index (χ3v) is 3.54. The van der Waals surface area contributed by atoms with E-state index in [0.717, 1.165) is 5.56 Å². The summed E-state index contributed by atoms with van der Waals surface area (Å²) in [5, 5.41) is 15.6. The second kappa shape index (κ2) is 7.22. The Bertz CT molecular complexity index is 798. The maximum atomic E-state index is 12.1. The van der Waals surface area contributed by atoms with Gasteiger partial charge in [-0.1, -0.05) is 11.6 Å². The molecule has 124 valence electrons. The number of nitrogens with one attached hydrogen (secondary N) is 1. The van der Waals surface area contributed by atoms with Crippen molar-refractivity contribution in [2.75, 3.05) is 0 Å². The van der Waals surface area contributed by atoms with Crippen LogP contribution < -0.4 is 5.32 Å². The van der Waals surface area contributed by atoms with Crippen LogP contribution in [-0.4, -0.2) is 41.7 Å². The third kappa shape index (κ3) is 4.17. The summed E-state index contributed by atoms with van der Waals surface area (Å²) in [5.74, 6) is 0.272. The quantitative estimate of drug-likeness (QED) is 0.729. The van der Waals surface area contributed by atoms with E-state index in [2.05, 4.69) is 25.7 Å². The van der Waals surface area contributed by atoms with Gasteiger partial charge in [0.2, 0.25) is 11.7 Å². The Morgan fingerprint density at radius 1 is 1.33 bits per heavy atom. The second-order valence-electron chi connectivity index (χ2n) is 5.38. The highest BCUT2D eigenvalue weighted by Gasteiger charge is 2.12. The molecule has 0 fully saturated rings. The number of tetrazole rings is 1. The molecule has 1 aromatic carbocycles. The van der Waals surface area contributed by atoms with Gasteiger partial charge in [-0.3, -0.25) is 4.79 Å². The molecular weight excluding hydrogens is 330 g/mol. The number of halogens is 1. The SMILES string of the molecule is C[C@H](Cn1ccnc1)NC(=O)Cn1nnc(-c2ccc(Cl)cc2)n1. The van der Waals surface area contributed by atoms with Gasteiger partial charge in [-0.05, 0) is 36.4 Å². The molecule has 3 rings (SSSR count). The Morgan fingerprint density at radius 2 is 2.12 bits per heavy atom. The Labute approximate surface area is 143 Å². The van der Waals surface area contributed by atoms with Crippen molar-refractivity contribution in [2.45, 2.75) is 26.1 Å². The number of carbonyl (C=O) groups excluding carboxylic acids is 1. The van der Waals surface area contributed by atoms with Crippen molar-refractivity contribution in [1.82, 2.24) is 35.1 Å². The van der Waals surface area contributed by atoms with Gasteiger partial charge in [0.25, 0.3) is 0 Å². The molecule has 0 radical (unpaired) electrons. The number of nitrogens with zero attached hydrogens (tertiary/aromatic N) is 6. The van der Waals surface area contributed by atoms with Gasteiger partial charge in [0.15, 0.2) is 0 Å². The van der Waals surface area contributed by atoms with Crippen molar-refractivity contribution >= 4 is 17.5 Å². The van der Waals surface area contributed by atoms with Gasteiger partial charge in [-0.2, -0.15) is 4.80 Å². The van der Waals surface area contributed by atoms with E-state index in [-0.39, 0.29) is 18.5 Å². The standard InChI is InChI=1S/C15H16ClN7O/c1-11(8-22-7-6-17-10-22)18-14(24)9-23-20-15(19-21-23)12-2-4-13(16)5-3-12/h2-7,10-11H,8-9H2,1H3,(H,18,24)/t11-/m1/s1. The van der Waals surface area contributed by atoms with Crippen molar-refractivity contribution in [3.8, 4) is 11.4 Å². The molecule has 1 amide bonds. The average Bonchev–Trinajstić information content (AvgIpc) is 3.19. The normalized spacial score (nSPS) is 12.1. The molecule has 0 aliphatic rings. The minimum atomic E-state index is -0.178. The van der Waals surface area contributed by atoms with Gasteiger partial charge in [0.05, 0.1) is 6.33 Å². The van der Waals surface area contributed by atoms with Crippen LogP contribution in [0.5, 0.6) is 0 Å². The van der Waals surface area contributed by atoms with E-state index in [9.17, 15) is 4.79 Å². The van der Waals surface area contributed by atoms with Gasteiger partial charge >= 0.3 is 0 Å². The van der Waals surface area contributed by atoms with Gasteiger partial charge in [-0.25, -0.2) is 4.98 Å². The average molecular weight is 346 g/mol. The van der Waals surface area contributed by atoms with Crippen molar-refractivity contribution < 1.29 is 4.79 Å². The van der Waals surface area contributed by atoms with Crippen molar-refractivity contribution in [1.29, 1.82) is 0 Å². The van der Waals surface area contributed by atoms with Crippen molar-refractivity contribution in [3.63, 3.8) is 0 Å². The zero-order valence-electron chi connectivity index (χ0n) is 13.0. The van der Waals surface area contributed by atoms with Gasteiger partial charge in [0, 0.05) is 35.6 Å². The van der Waals surface area contributed by atoms with Crippen LogP contribution >= 0.6 is 11.6 Å². The highest BCUT2D eigenvalue weighted by molar-refractivity contribution is 6.30. The van der Waals surface area contributed by atoms with Gasteiger partial charge < -0.3 is 9.88 Å².